The van der Waals surface area contributed by atoms with Gasteiger partial charge in [-0.3, -0.25) is 4.79 Å². The molecule has 8 atom stereocenters. The van der Waals surface area contributed by atoms with Crippen LogP contribution in [0.2, 0.25) is 0 Å². The van der Waals surface area contributed by atoms with Crippen molar-refractivity contribution < 1.29 is 9.90 Å². The van der Waals surface area contributed by atoms with Gasteiger partial charge < -0.3 is 5.11 Å². The number of Topliss-reactive ketones (excluding diaryl/α,β-unsaturated/α-hetero) is 1. The molecule has 0 heterocycles. The Bertz CT molecular complexity index is 562. The summed E-state index contributed by atoms with van der Waals surface area (Å²) in [6, 6.07) is 0. The lowest BCUT2D eigenvalue weighted by atomic mass is 9.51. The van der Waals surface area contributed by atoms with Gasteiger partial charge in [-0.2, -0.15) is 0 Å². The van der Waals surface area contributed by atoms with E-state index >= 15 is 0 Å². The molecule has 0 amide bonds. The molecule has 126 valence electrons. The highest BCUT2D eigenvalue weighted by Crippen LogP contribution is 2.61. The number of rotatable bonds is 1. The maximum Gasteiger partial charge on any atom is 0.165 e. The zero-order valence-corrected chi connectivity index (χ0v) is 14.5. The molecule has 0 radical (unpaired) electrons. The molecule has 0 aromatic heterocycles. The van der Waals surface area contributed by atoms with Crippen LogP contribution in [-0.4, -0.2) is 17.0 Å². The number of carbonyl (C=O) groups excluding carboxylic acids is 1. The van der Waals surface area contributed by atoms with E-state index in [2.05, 4.69) is 32.6 Å². The normalized spacial score (nSPS) is 52.0. The molecule has 2 heteroatoms. The van der Waals surface area contributed by atoms with Crippen molar-refractivity contribution in [2.45, 2.75) is 58.5 Å². The number of allylic oxidation sites excluding steroid dienone is 3. The summed E-state index contributed by atoms with van der Waals surface area (Å²) in [5.41, 5.74) is 0.971. The molecule has 0 spiro atoms. The molecular formula is C21H30O2. The van der Waals surface area contributed by atoms with Crippen LogP contribution < -0.4 is 0 Å². The van der Waals surface area contributed by atoms with Crippen LogP contribution in [0.15, 0.2) is 24.3 Å². The van der Waals surface area contributed by atoms with E-state index in [1.807, 2.05) is 0 Å². The van der Waals surface area contributed by atoms with Crippen molar-refractivity contribution in [2.75, 3.05) is 0 Å². The van der Waals surface area contributed by atoms with Crippen molar-refractivity contribution >= 4 is 5.78 Å². The third-order valence-electron chi connectivity index (χ3n) is 8.05. The van der Waals surface area contributed by atoms with Gasteiger partial charge in [-0.05, 0) is 79.1 Å². The molecule has 4 aliphatic carbocycles. The van der Waals surface area contributed by atoms with Gasteiger partial charge in [-0.25, -0.2) is 0 Å². The van der Waals surface area contributed by atoms with E-state index in [0.29, 0.717) is 35.4 Å². The molecule has 0 aromatic carbocycles. The number of aliphatic hydroxyl groups is 1. The highest BCUT2D eigenvalue weighted by atomic mass is 16.3. The van der Waals surface area contributed by atoms with Gasteiger partial charge >= 0.3 is 0 Å². The smallest absolute Gasteiger partial charge is 0.165 e. The zero-order valence-electron chi connectivity index (χ0n) is 14.5. The van der Waals surface area contributed by atoms with E-state index in [0.717, 1.165) is 37.7 Å². The van der Waals surface area contributed by atoms with E-state index in [1.54, 1.807) is 0 Å². The van der Waals surface area contributed by atoms with Crippen molar-refractivity contribution in [1.29, 1.82) is 0 Å². The van der Waals surface area contributed by atoms with Gasteiger partial charge in [0.05, 0.1) is 6.10 Å². The minimum Gasteiger partial charge on any atom is -0.393 e. The first kappa shape index (κ1) is 15.6. The molecule has 3 saturated carbocycles. The molecule has 2 unspecified atom stereocenters. The summed E-state index contributed by atoms with van der Waals surface area (Å²) in [6.45, 7) is 8.59. The summed E-state index contributed by atoms with van der Waals surface area (Å²) < 4.78 is 0. The van der Waals surface area contributed by atoms with Gasteiger partial charge in [0.2, 0.25) is 0 Å². The highest BCUT2D eigenvalue weighted by molar-refractivity contribution is 5.99. The van der Waals surface area contributed by atoms with Gasteiger partial charge in [0.25, 0.3) is 0 Å². The second kappa shape index (κ2) is 5.31. The van der Waals surface area contributed by atoms with Gasteiger partial charge in [0.1, 0.15) is 0 Å². The average molecular weight is 314 g/mol. The standard InChI is InChI=1S/C21H30O2/c1-4-13-11-17-14-9-10-21(3)18(7-8-19(21)22)15(14)5-6-16(17)20(23)12(13)2/h5-6,13-19,22H,2,4,7-11H2,1,3H3/t13?,14-,15+,16?,17+,18-,19-,21-/m0/s1. The number of fused-ring (bicyclic) bond motifs is 5. The predicted octanol–water partition coefficient (Wildman–Crippen LogP) is 4.15. The van der Waals surface area contributed by atoms with Crippen LogP contribution in [-0.2, 0) is 4.79 Å². The Kier molecular flexibility index (Phi) is 3.61. The fraction of sp³-hybridized carbons (Fsp3) is 0.762. The lowest BCUT2D eigenvalue weighted by molar-refractivity contribution is -0.125. The van der Waals surface area contributed by atoms with Crippen LogP contribution in [0.4, 0.5) is 0 Å². The molecule has 0 saturated heterocycles. The number of aliphatic hydroxyl groups excluding tert-OH is 1. The summed E-state index contributed by atoms with van der Waals surface area (Å²) >= 11 is 0. The van der Waals surface area contributed by atoms with Crippen molar-refractivity contribution in [3.63, 3.8) is 0 Å². The predicted molar refractivity (Wildman–Crippen MR) is 91.7 cm³/mol. The Morgan fingerprint density at radius 3 is 2.78 bits per heavy atom. The summed E-state index contributed by atoms with van der Waals surface area (Å²) in [4.78, 5) is 12.8. The van der Waals surface area contributed by atoms with Crippen molar-refractivity contribution in [3.05, 3.63) is 24.3 Å². The summed E-state index contributed by atoms with van der Waals surface area (Å²) in [5.74, 6) is 3.11. The third kappa shape index (κ3) is 2.06. The first-order valence-electron chi connectivity index (χ1n) is 9.56. The topological polar surface area (TPSA) is 37.3 Å². The third-order valence-corrected chi connectivity index (χ3v) is 8.05. The van der Waals surface area contributed by atoms with Crippen LogP contribution >= 0.6 is 0 Å². The van der Waals surface area contributed by atoms with Crippen LogP contribution in [0.5, 0.6) is 0 Å². The molecular weight excluding hydrogens is 284 g/mol. The summed E-state index contributed by atoms with van der Waals surface area (Å²) in [7, 11) is 0. The van der Waals surface area contributed by atoms with Crippen molar-refractivity contribution in [1.82, 2.24) is 0 Å². The number of hydrogen-bond acceptors (Lipinski definition) is 2. The lowest BCUT2D eigenvalue weighted by Crippen LogP contribution is -2.49. The first-order valence-corrected chi connectivity index (χ1v) is 9.56. The molecule has 0 bridgehead atoms. The maximum atomic E-state index is 12.8. The fourth-order valence-corrected chi connectivity index (χ4v) is 6.53. The summed E-state index contributed by atoms with van der Waals surface area (Å²) in [5, 5.41) is 10.5. The van der Waals surface area contributed by atoms with Gasteiger partial charge in [-0.15, -0.1) is 0 Å². The molecule has 4 aliphatic rings. The monoisotopic (exact) mass is 314 g/mol. The molecule has 2 nitrogen and oxygen atoms in total. The Morgan fingerprint density at radius 1 is 1.26 bits per heavy atom. The van der Waals surface area contributed by atoms with Gasteiger partial charge in [-0.1, -0.05) is 32.6 Å². The largest absolute Gasteiger partial charge is 0.393 e. The molecule has 1 N–H and O–H groups in total. The molecule has 0 aliphatic heterocycles. The van der Waals surface area contributed by atoms with Gasteiger partial charge in [0, 0.05) is 5.92 Å². The Balaban J connectivity index is 1.66. The second-order valence-corrected chi connectivity index (χ2v) is 8.79. The molecule has 23 heavy (non-hydrogen) atoms. The quantitative estimate of drug-likeness (QED) is 0.583. The Labute approximate surface area is 140 Å². The Morgan fingerprint density at radius 2 is 2.04 bits per heavy atom. The number of carbonyl (C=O) groups is 1. The molecule has 4 rings (SSSR count). The summed E-state index contributed by atoms with van der Waals surface area (Å²) in [6.07, 6.45) is 11.0. The van der Waals surface area contributed by atoms with Crippen molar-refractivity contribution in [3.8, 4) is 0 Å². The second-order valence-electron chi connectivity index (χ2n) is 8.79. The minimum atomic E-state index is -0.129. The zero-order chi connectivity index (χ0) is 16.4. The van der Waals surface area contributed by atoms with E-state index in [9.17, 15) is 9.90 Å². The first-order chi connectivity index (χ1) is 11.0. The van der Waals surface area contributed by atoms with E-state index < -0.39 is 0 Å². The van der Waals surface area contributed by atoms with Gasteiger partial charge in [0.15, 0.2) is 5.78 Å². The lowest BCUT2D eigenvalue weighted by Gasteiger charge is -2.53. The van der Waals surface area contributed by atoms with E-state index in [1.165, 1.54) is 6.42 Å². The van der Waals surface area contributed by atoms with Crippen LogP contribution in [0.1, 0.15) is 52.4 Å². The SMILES string of the molecule is C=C1C(=O)C2C=C[C@@H]3[C@H](CC[C@]4(C)[C@@H](O)CC[C@@H]34)[C@H]2CC1CC. The average Bonchev–Trinajstić information content (AvgIpc) is 2.86. The highest BCUT2D eigenvalue weighted by Gasteiger charge is 2.56. The maximum absolute atomic E-state index is 12.8. The Hall–Kier alpha value is -0.890. The number of ketones is 1. The van der Waals surface area contributed by atoms with Crippen LogP contribution in [0.3, 0.4) is 0 Å². The van der Waals surface area contributed by atoms with Crippen molar-refractivity contribution in [2.24, 2.45) is 40.9 Å². The number of hydrogen-bond donors (Lipinski definition) is 1. The van der Waals surface area contributed by atoms with Crippen LogP contribution in [0, 0.1) is 40.9 Å². The van der Waals surface area contributed by atoms with Crippen LogP contribution in [0.25, 0.3) is 0 Å². The molecule has 0 aromatic rings. The van der Waals surface area contributed by atoms with E-state index in [-0.39, 0.29) is 17.4 Å². The van der Waals surface area contributed by atoms with E-state index in [4.69, 9.17) is 0 Å². The minimum absolute atomic E-state index is 0.0854. The fourth-order valence-electron chi connectivity index (χ4n) is 6.53. The molecule has 3 fully saturated rings.